The topological polar surface area (TPSA) is 87.9 Å². The molecule has 2 aliphatic heterocycles. The molecule has 0 bridgehead atoms. The highest BCUT2D eigenvalue weighted by molar-refractivity contribution is 6.02. The predicted molar refractivity (Wildman–Crippen MR) is 110 cm³/mol. The molecular weight excluding hydrogens is 389 g/mol. The molecule has 5 heterocycles. The number of morpholine rings is 1. The number of aromatic nitrogens is 4. The highest BCUT2D eigenvalue weighted by Crippen LogP contribution is 2.21. The second-order valence-corrected chi connectivity index (χ2v) is 7.37. The summed E-state index contributed by atoms with van der Waals surface area (Å²) in [6.45, 7) is 3.77. The summed E-state index contributed by atoms with van der Waals surface area (Å²) in [5.41, 5.74) is 0.844. The first-order chi connectivity index (χ1) is 14.7. The third-order valence-electron chi connectivity index (χ3n) is 5.35. The number of hydrogen-bond donors (Lipinski definition) is 1. The molecule has 0 unspecified atom stereocenters. The zero-order chi connectivity index (χ0) is 20.5. The van der Waals surface area contributed by atoms with E-state index >= 15 is 0 Å². The average molecular weight is 411 g/mol. The highest BCUT2D eigenvalue weighted by atomic mass is 19.1. The van der Waals surface area contributed by atoms with Crippen LogP contribution in [0, 0.1) is 0 Å². The van der Waals surface area contributed by atoms with E-state index in [1.54, 1.807) is 18.2 Å². The van der Waals surface area contributed by atoms with E-state index in [0.29, 0.717) is 55.7 Å². The number of carbonyl (C=O) groups is 1. The van der Waals surface area contributed by atoms with Crippen LogP contribution in [0.2, 0.25) is 0 Å². The van der Waals surface area contributed by atoms with Crippen molar-refractivity contribution in [3.63, 3.8) is 0 Å². The fourth-order valence-electron chi connectivity index (χ4n) is 3.75. The molecular formula is C20H22FN7O2. The SMILES string of the molecule is O=C(Nc1cccc(N2CCOCC2)n1)c1cnc2ccc(N3CC[C@@H](F)C3)nn12. The van der Waals surface area contributed by atoms with Crippen LogP contribution in [0.15, 0.2) is 36.5 Å². The van der Waals surface area contributed by atoms with Gasteiger partial charge >= 0.3 is 0 Å². The number of carbonyl (C=O) groups excluding carboxylic acids is 1. The molecule has 3 aromatic rings. The first kappa shape index (κ1) is 18.7. The summed E-state index contributed by atoms with van der Waals surface area (Å²) >= 11 is 0. The van der Waals surface area contributed by atoms with Gasteiger partial charge in [0, 0.05) is 19.6 Å². The van der Waals surface area contributed by atoms with Gasteiger partial charge in [0.2, 0.25) is 0 Å². The fraction of sp³-hybridized carbons (Fsp3) is 0.400. The molecule has 0 saturated carbocycles. The summed E-state index contributed by atoms with van der Waals surface area (Å²) in [5, 5.41) is 7.34. The molecule has 1 atom stereocenters. The standard InChI is InChI=1S/C20H22FN7O2/c21-14-6-7-27(13-14)19-5-4-17-22-12-15(28(17)25-19)20(29)24-16-2-1-3-18(23-16)26-8-10-30-11-9-26/h1-5,12,14H,6-11,13H2,(H,23,24,29)/t14-/m1/s1. The Morgan fingerprint density at radius 2 is 1.97 bits per heavy atom. The van der Waals surface area contributed by atoms with Crippen molar-refractivity contribution in [3.05, 3.63) is 42.2 Å². The highest BCUT2D eigenvalue weighted by Gasteiger charge is 2.24. The van der Waals surface area contributed by atoms with Gasteiger partial charge in [-0.1, -0.05) is 6.07 Å². The maximum absolute atomic E-state index is 13.6. The number of hydrogen-bond acceptors (Lipinski definition) is 7. The van der Waals surface area contributed by atoms with Crippen LogP contribution in [0.1, 0.15) is 16.9 Å². The zero-order valence-corrected chi connectivity index (χ0v) is 16.4. The minimum absolute atomic E-state index is 0.293. The van der Waals surface area contributed by atoms with Gasteiger partial charge in [-0.15, -0.1) is 5.10 Å². The molecule has 156 valence electrons. The lowest BCUT2D eigenvalue weighted by Crippen LogP contribution is -2.36. The second-order valence-electron chi connectivity index (χ2n) is 7.37. The number of nitrogens with zero attached hydrogens (tertiary/aromatic N) is 6. The van der Waals surface area contributed by atoms with Crippen LogP contribution in [0.3, 0.4) is 0 Å². The molecule has 1 amide bonds. The van der Waals surface area contributed by atoms with Crippen LogP contribution in [-0.2, 0) is 4.74 Å². The number of imidazole rings is 1. The van der Waals surface area contributed by atoms with Crippen LogP contribution in [-0.4, -0.2) is 71.1 Å². The van der Waals surface area contributed by atoms with Gasteiger partial charge in [0.1, 0.15) is 23.6 Å². The van der Waals surface area contributed by atoms with Crippen molar-refractivity contribution in [3.8, 4) is 0 Å². The largest absolute Gasteiger partial charge is 0.378 e. The van der Waals surface area contributed by atoms with E-state index < -0.39 is 6.17 Å². The Hall–Kier alpha value is -3.27. The number of halogens is 1. The van der Waals surface area contributed by atoms with Crippen molar-refractivity contribution in [2.75, 3.05) is 54.5 Å². The number of fused-ring (bicyclic) bond motifs is 1. The van der Waals surface area contributed by atoms with E-state index in [-0.39, 0.29) is 5.91 Å². The third kappa shape index (κ3) is 3.65. The van der Waals surface area contributed by atoms with Crippen LogP contribution >= 0.6 is 0 Å². The summed E-state index contributed by atoms with van der Waals surface area (Å²) in [5.74, 6) is 1.52. The first-order valence-corrected chi connectivity index (χ1v) is 10.0. The second kappa shape index (κ2) is 7.86. The summed E-state index contributed by atoms with van der Waals surface area (Å²) in [6, 6.07) is 9.10. The van der Waals surface area contributed by atoms with Crippen molar-refractivity contribution >= 4 is 29.0 Å². The monoisotopic (exact) mass is 411 g/mol. The third-order valence-corrected chi connectivity index (χ3v) is 5.35. The maximum Gasteiger partial charge on any atom is 0.277 e. The molecule has 0 aliphatic carbocycles. The van der Waals surface area contributed by atoms with Crippen molar-refractivity contribution in [1.82, 2.24) is 19.6 Å². The van der Waals surface area contributed by atoms with Gasteiger partial charge in [0.05, 0.1) is 26.0 Å². The Labute approximate surface area is 172 Å². The average Bonchev–Trinajstić information content (AvgIpc) is 3.40. The molecule has 3 aromatic heterocycles. The molecule has 0 spiro atoms. The summed E-state index contributed by atoms with van der Waals surface area (Å²) in [7, 11) is 0. The Morgan fingerprint density at radius 1 is 1.10 bits per heavy atom. The number of pyridine rings is 1. The maximum atomic E-state index is 13.6. The van der Waals surface area contributed by atoms with Crippen LogP contribution in [0.5, 0.6) is 0 Å². The van der Waals surface area contributed by atoms with Crippen LogP contribution in [0.25, 0.3) is 5.65 Å². The van der Waals surface area contributed by atoms with Crippen LogP contribution < -0.4 is 15.1 Å². The number of anilines is 3. The molecule has 5 rings (SSSR count). The fourth-order valence-corrected chi connectivity index (χ4v) is 3.75. The van der Waals surface area contributed by atoms with Gasteiger partial charge in [-0.2, -0.15) is 0 Å². The van der Waals surface area contributed by atoms with Gasteiger partial charge < -0.3 is 19.9 Å². The van der Waals surface area contributed by atoms with Gasteiger partial charge in [-0.05, 0) is 30.7 Å². The molecule has 2 aliphatic rings. The van der Waals surface area contributed by atoms with Crippen molar-refractivity contribution in [2.24, 2.45) is 0 Å². The summed E-state index contributed by atoms with van der Waals surface area (Å²) in [6.07, 6.45) is 1.12. The summed E-state index contributed by atoms with van der Waals surface area (Å²) < 4.78 is 20.4. The number of amides is 1. The molecule has 2 fully saturated rings. The normalized spacial score (nSPS) is 19.4. The minimum Gasteiger partial charge on any atom is -0.378 e. The Morgan fingerprint density at radius 3 is 2.77 bits per heavy atom. The van der Waals surface area contributed by atoms with E-state index in [1.165, 1.54) is 10.7 Å². The Balaban J connectivity index is 1.37. The van der Waals surface area contributed by atoms with Gasteiger partial charge in [-0.25, -0.2) is 18.9 Å². The molecule has 10 heteroatoms. The molecule has 0 radical (unpaired) electrons. The number of rotatable bonds is 4. The molecule has 30 heavy (non-hydrogen) atoms. The number of nitrogens with one attached hydrogen (secondary N) is 1. The van der Waals surface area contributed by atoms with Crippen molar-refractivity contribution in [1.29, 1.82) is 0 Å². The lowest BCUT2D eigenvalue weighted by Gasteiger charge is -2.27. The minimum atomic E-state index is -0.849. The van der Waals surface area contributed by atoms with Crippen molar-refractivity contribution in [2.45, 2.75) is 12.6 Å². The van der Waals surface area contributed by atoms with E-state index in [9.17, 15) is 9.18 Å². The van der Waals surface area contributed by atoms with E-state index in [2.05, 4.69) is 25.3 Å². The first-order valence-electron chi connectivity index (χ1n) is 10.0. The quantitative estimate of drug-likeness (QED) is 0.700. The van der Waals surface area contributed by atoms with Gasteiger partial charge in [0.15, 0.2) is 11.3 Å². The van der Waals surface area contributed by atoms with Crippen LogP contribution in [0.4, 0.5) is 21.8 Å². The van der Waals surface area contributed by atoms with Gasteiger partial charge in [-0.3, -0.25) is 4.79 Å². The van der Waals surface area contributed by atoms with E-state index in [0.717, 1.165) is 18.9 Å². The summed E-state index contributed by atoms with van der Waals surface area (Å²) in [4.78, 5) is 25.7. The molecule has 9 nitrogen and oxygen atoms in total. The molecule has 2 saturated heterocycles. The Bertz CT molecular complexity index is 1070. The number of alkyl halides is 1. The zero-order valence-electron chi connectivity index (χ0n) is 16.4. The van der Waals surface area contributed by atoms with E-state index in [4.69, 9.17) is 4.74 Å². The number of ether oxygens (including phenoxy) is 1. The molecule has 0 aromatic carbocycles. The van der Waals surface area contributed by atoms with Crippen molar-refractivity contribution < 1.29 is 13.9 Å². The predicted octanol–water partition coefficient (Wildman–Crippen LogP) is 1.76. The van der Waals surface area contributed by atoms with Gasteiger partial charge in [0.25, 0.3) is 5.91 Å². The lowest BCUT2D eigenvalue weighted by molar-refractivity contribution is 0.102. The lowest BCUT2D eigenvalue weighted by atomic mass is 10.3. The molecule has 1 N–H and O–H groups in total. The van der Waals surface area contributed by atoms with E-state index in [1.807, 2.05) is 17.0 Å². The Kier molecular flexibility index (Phi) is 4.91. The smallest absolute Gasteiger partial charge is 0.277 e.